The Morgan fingerprint density at radius 1 is 0.408 bits per heavy atom. The second-order valence-corrected chi connectivity index (χ2v) is 84.6. The van der Waals surface area contributed by atoms with Crippen LogP contribution in [0.2, 0.25) is 41.3 Å². The van der Waals surface area contributed by atoms with Crippen LogP contribution in [-0.4, -0.2) is 42.3 Å². The Balaban J connectivity index is 0.000000286. The summed E-state index contributed by atoms with van der Waals surface area (Å²) in [5.74, 6) is 0.490. The SMILES string of the molecule is CC(C)(C)[Si](C)(C)OCc1ccc(-c2c3c(cc4ccc(Cl)cc24)CCC3=O)cc1.CCC.CN(C)c1ccc2cc3c(c(-c4ccc(CO[Si](C)(C)C(C)(C)C)cc4)c2c1)C(=O)CC3.S=S=S=S=S=S=S=S=S=S=S=S=S=S=S=S.S=S=S=S=S=S=S=S=S=S=S=S=S=S=S=S=S. The average molecular weight is 1990 g/mol. The molecule has 542 valence electrons. The number of aryl methyl sites for hydroxylation is 2. The molecule has 41 heteroatoms. The first kappa shape index (κ1) is 93.3. The van der Waals surface area contributed by atoms with Gasteiger partial charge in [-0.2, -0.15) is 0 Å². The van der Waals surface area contributed by atoms with Crippen molar-refractivity contribution in [1.29, 1.82) is 0 Å². The number of benzene rings is 6. The third-order valence-electron chi connectivity index (χ3n) is 14.8. The fraction of sp³-hybridized carbons (Fsp3) is 0.404. The molecule has 0 aromatic heterocycles. The minimum Gasteiger partial charge on any atom is -0.413 e. The zero-order valence-electron chi connectivity index (χ0n) is 55.1. The van der Waals surface area contributed by atoms with Crippen molar-refractivity contribution >= 4 is 369 Å². The Kier molecular flexibility index (Phi) is 48.9. The van der Waals surface area contributed by atoms with Gasteiger partial charge in [-0.3, -0.25) is 9.59 Å². The van der Waals surface area contributed by atoms with E-state index >= 15 is 0 Å². The summed E-state index contributed by atoms with van der Waals surface area (Å²) in [5.41, 5.74) is 11.9. The summed E-state index contributed by atoms with van der Waals surface area (Å²) in [4.78, 5) is 27.7. The predicted molar refractivity (Wildman–Crippen MR) is 526 cm³/mol. The molecule has 6 aromatic rings. The van der Waals surface area contributed by atoms with E-state index in [0.717, 1.165) is 79.2 Å². The van der Waals surface area contributed by atoms with Crippen molar-refractivity contribution < 1.29 is 18.4 Å². The molecule has 0 heterocycles. The zero-order valence-corrected chi connectivity index (χ0v) is 84.8. The number of Topliss-reactive ketones (excluding diaryl/α,β-unsaturated/α-hetero) is 2. The average Bonchev–Trinajstić information content (AvgIpc) is 1.46. The smallest absolute Gasteiger partial charge is 0.192 e. The molecule has 0 radical (unpaired) electrons. The van der Waals surface area contributed by atoms with Crippen molar-refractivity contribution in [2.24, 2.45) is 0 Å². The molecule has 0 saturated heterocycles. The van der Waals surface area contributed by atoms with E-state index in [2.05, 4.69) is 179 Å². The van der Waals surface area contributed by atoms with Crippen molar-refractivity contribution in [3.63, 3.8) is 0 Å². The molecule has 2 aliphatic carbocycles. The highest BCUT2D eigenvalue weighted by molar-refractivity contribution is 8.78. The van der Waals surface area contributed by atoms with E-state index in [1.54, 1.807) is 222 Å². The van der Waals surface area contributed by atoms with Crippen molar-refractivity contribution in [3.05, 3.63) is 135 Å². The van der Waals surface area contributed by atoms with Gasteiger partial charge in [0.25, 0.3) is 0 Å². The van der Waals surface area contributed by atoms with Gasteiger partial charge in [0.2, 0.25) is 0 Å². The molecule has 0 aliphatic heterocycles. The van der Waals surface area contributed by atoms with Crippen molar-refractivity contribution in [1.82, 2.24) is 0 Å². The molecule has 0 atom stereocenters. The van der Waals surface area contributed by atoms with Gasteiger partial charge in [-0.05, 0) is 128 Å². The number of anilines is 1. The summed E-state index contributed by atoms with van der Waals surface area (Å²) in [6.07, 6.45) is 4.10. The van der Waals surface area contributed by atoms with Gasteiger partial charge in [-0.15, -0.1) is 0 Å². The van der Waals surface area contributed by atoms with Crippen LogP contribution in [0.1, 0.15) is 118 Å². The normalized spacial score (nSPS) is 11.7. The first-order chi connectivity index (χ1) is 46.8. The minimum absolute atomic E-state index is 0.191. The molecule has 0 spiro atoms. The van der Waals surface area contributed by atoms with Gasteiger partial charge in [0.05, 0.1) is 13.2 Å². The predicted octanol–water partition coefficient (Wildman–Crippen LogP) is 16.4. The molecule has 2 aliphatic rings. The molecule has 0 amide bonds. The maximum absolute atomic E-state index is 12.9. The Morgan fingerprint density at radius 3 is 0.980 bits per heavy atom. The van der Waals surface area contributed by atoms with Gasteiger partial charge in [0, 0.05) is 362 Å². The highest BCUT2D eigenvalue weighted by Crippen LogP contribution is 2.43. The number of hydrogen-bond donors (Lipinski definition) is 0. The number of rotatable bonds is 9. The number of nitrogens with zero attached hydrogens (tertiary/aromatic N) is 1. The van der Waals surface area contributed by atoms with Crippen LogP contribution in [0.25, 0.3) is 43.8 Å². The molecule has 0 unspecified atom stereocenters. The summed E-state index contributed by atoms with van der Waals surface area (Å²) in [7, 11) is 49.4. The van der Waals surface area contributed by atoms with Crippen LogP contribution in [0.3, 0.4) is 0 Å². The Labute approximate surface area is 689 Å². The molecule has 98 heavy (non-hydrogen) atoms. The van der Waals surface area contributed by atoms with Gasteiger partial charge in [0.15, 0.2) is 28.2 Å². The molecule has 0 N–H and O–H groups in total. The van der Waals surface area contributed by atoms with Gasteiger partial charge in [0.1, 0.15) is 0 Å². The number of ketones is 2. The summed E-state index contributed by atoms with van der Waals surface area (Å²) < 4.78 is 12.8. The van der Waals surface area contributed by atoms with Crippen LogP contribution in [-0.2, 0) is 337 Å². The summed E-state index contributed by atoms with van der Waals surface area (Å²) in [6, 6.07) is 34.0. The number of halogens is 1. The van der Waals surface area contributed by atoms with E-state index in [0.29, 0.717) is 31.1 Å². The maximum Gasteiger partial charge on any atom is 0.192 e. The quantitative estimate of drug-likeness (QED) is 0.132. The first-order valence-electron chi connectivity index (χ1n) is 28.7. The molecule has 0 bridgehead atoms. The van der Waals surface area contributed by atoms with Crippen LogP contribution in [0, 0.1) is 0 Å². The zero-order chi connectivity index (χ0) is 72.2. The maximum atomic E-state index is 12.9. The molecule has 6 aromatic carbocycles. The van der Waals surface area contributed by atoms with Gasteiger partial charge >= 0.3 is 0 Å². The van der Waals surface area contributed by atoms with Gasteiger partial charge in [-0.25, -0.2) is 0 Å². The van der Waals surface area contributed by atoms with Crippen molar-refractivity contribution in [2.45, 2.75) is 137 Å². The molecule has 8 rings (SSSR count). The number of carbonyl (C=O) groups is 2. The van der Waals surface area contributed by atoms with Crippen molar-refractivity contribution in [2.75, 3.05) is 19.0 Å². The lowest BCUT2D eigenvalue weighted by Gasteiger charge is -2.36. The fourth-order valence-corrected chi connectivity index (χ4v) is 79.0. The monoisotopic (exact) mass is 1980 g/mol. The van der Waals surface area contributed by atoms with E-state index in [4.69, 9.17) is 65.2 Å². The highest BCUT2D eigenvalue weighted by atomic mass is 35.5. The summed E-state index contributed by atoms with van der Waals surface area (Å²) in [6.45, 7) is 28.2. The Bertz CT molecular complexity index is 5180. The minimum atomic E-state index is -1.79. The lowest BCUT2D eigenvalue weighted by atomic mass is 9.90. The topological polar surface area (TPSA) is 55.8 Å². The largest absolute Gasteiger partial charge is 0.413 e. The third-order valence-corrected chi connectivity index (χ3v) is 83.9. The molecule has 0 saturated carbocycles. The second kappa shape index (κ2) is 51.4. The lowest BCUT2D eigenvalue weighted by Crippen LogP contribution is -2.40. The summed E-state index contributed by atoms with van der Waals surface area (Å²) >= 11 is 25.3. The van der Waals surface area contributed by atoms with Crippen molar-refractivity contribution in [3.8, 4) is 22.3 Å². The molecular formula is C57H72ClNO4S33Si2. The van der Waals surface area contributed by atoms with Crippen LogP contribution < -0.4 is 4.90 Å². The number of carbonyl (C=O) groups excluding carboxylic acids is 2. The standard InChI is InChI=1S/C28H35NO2Si.C26H29ClO2Si.C3H8.S17.S16/c1-28(2,3)32(6,7)31-18-19-8-10-20(11-9-19)26-24-17-23(29(4)5)14-12-21(24)16-22-13-15-25(30)27(22)26;1-26(2,3)30(4,5)29-16-17-6-8-18(9-7-17)24-22-15-21(27)12-10-19(22)14-20-11-13-23(28)25(20)24;1-3-2;1-3-5-7-9-11-13-15-17-16-14-12-10-8-6-4-2;1-3-5-7-9-11-13-15-16-14-12-10-8-6-4-2/h8-12,14,16-17H,13,15,18H2,1-7H3;6-10,12,14-15H,11,13,16H2,1-5H3;3H2,1-2H3;;. The van der Waals surface area contributed by atoms with E-state index in [1.807, 2.05) is 18.2 Å². The van der Waals surface area contributed by atoms with E-state index in [-0.39, 0.29) is 21.6 Å². The van der Waals surface area contributed by atoms with E-state index in [1.165, 1.54) is 58.5 Å². The van der Waals surface area contributed by atoms with Crippen LogP contribution in [0.15, 0.2) is 97.1 Å². The van der Waals surface area contributed by atoms with Gasteiger partial charge in [-0.1, -0.05) is 146 Å². The third kappa shape index (κ3) is 33.6. The van der Waals surface area contributed by atoms with E-state index in [9.17, 15) is 9.59 Å². The number of fused-ring (bicyclic) bond motifs is 4. The molecular weight excluding hydrogens is 1910 g/mol. The summed E-state index contributed by atoms with van der Waals surface area (Å²) in [5, 5.41) is 5.60. The molecule has 0 fully saturated rings. The van der Waals surface area contributed by atoms with Crippen LogP contribution in [0.4, 0.5) is 5.69 Å². The number of hydrogen-bond acceptors (Lipinski definition) is 9. The second-order valence-electron chi connectivity index (χ2n) is 23.3. The Morgan fingerprint density at radius 2 is 0.694 bits per heavy atom. The van der Waals surface area contributed by atoms with Crippen LogP contribution >= 0.6 is 11.6 Å². The first-order valence-corrected chi connectivity index (χ1v) is 76.2. The van der Waals surface area contributed by atoms with Gasteiger partial charge < -0.3 is 13.8 Å². The Hall–Kier alpha value is 2.88. The molecule has 5 nitrogen and oxygen atoms in total. The van der Waals surface area contributed by atoms with Crippen LogP contribution in [0.5, 0.6) is 0 Å². The fourth-order valence-electron chi connectivity index (χ4n) is 8.30. The highest BCUT2D eigenvalue weighted by Gasteiger charge is 2.38. The van der Waals surface area contributed by atoms with E-state index < -0.39 is 16.6 Å². The lowest BCUT2D eigenvalue weighted by molar-refractivity contribution is 0.0987.